The second-order valence-electron chi connectivity index (χ2n) is 5.11. The lowest BCUT2D eigenvalue weighted by molar-refractivity contribution is 0.248. The Morgan fingerprint density at radius 1 is 1.35 bits per heavy atom. The van der Waals surface area contributed by atoms with Gasteiger partial charge in [0, 0.05) is 34.4 Å². The van der Waals surface area contributed by atoms with Crippen molar-refractivity contribution in [2.24, 2.45) is 5.73 Å². The molecule has 2 N–H and O–H groups in total. The molecule has 2 rings (SSSR count). The number of halogens is 1. The highest BCUT2D eigenvalue weighted by atomic mass is 32.1. The van der Waals surface area contributed by atoms with E-state index in [9.17, 15) is 4.39 Å². The number of aryl methyl sites for hydroxylation is 1. The lowest BCUT2D eigenvalue weighted by Crippen LogP contribution is -2.22. The van der Waals surface area contributed by atoms with Gasteiger partial charge in [0.1, 0.15) is 5.82 Å². The quantitative estimate of drug-likeness (QED) is 0.907. The van der Waals surface area contributed by atoms with Gasteiger partial charge in [-0.25, -0.2) is 4.39 Å². The van der Waals surface area contributed by atoms with Crippen LogP contribution in [0.5, 0.6) is 0 Å². The molecule has 108 valence electrons. The summed E-state index contributed by atoms with van der Waals surface area (Å²) in [5.41, 5.74) is 7.70. The third kappa shape index (κ3) is 3.26. The topological polar surface area (TPSA) is 29.3 Å². The third-order valence-electron chi connectivity index (χ3n) is 3.71. The first-order chi connectivity index (χ1) is 9.52. The van der Waals surface area contributed by atoms with Gasteiger partial charge in [0.05, 0.1) is 0 Å². The van der Waals surface area contributed by atoms with E-state index in [1.807, 2.05) is 26.1 Å². The first-order valence-corrected chi connectivity index (χ1v) is 7.57. The summed E-state index contributed by atoms with van der Waals surface area (Å²) in [7, 11) is 2.02. The fourth-order valence-corrected chi connectivity index (χ4v) is 3.23. The number of thiophene rings is 1. The highest BCUT2D eigenvalue weighted by Gasteiger charge is 2.16. The first kappa shape index (κ1) is 15.2. The van der Waals surface area contributed by atoms with E-state index in [1.54, 1.807) is 17.4 Å². The van der Waals surface area contributed by atoms with Crippen LogP contribution < -0.4 is 5.73 Å². The maximum Gasteiger partial charge on any atom is 0.127 e. The van der Waals surface area contributed by atoms with E-state index in [0.29, 0.717) is 6.54 Å². The smallest absolute Gasteiger partial charge is 0.127 e. The molecule has 4 heteroatoms. The molecule has 0 amide bonds. The van der Waals surface area contributed by atoms with Gasteiger partial charge in [0.15, 0.2) is 0 Å². The molecule has 2 nitrogen and oxygen atoms in total. The molecule has 1 unspecified atom stereocenters. The first-order valence-electron chi connectivity index (χ1n) is 6.75. The molecular formula is C16H21FN2S. The van der Waals surface area contributed by atoms with Gasteiger partial charge in [0.25, 0.3) is 0 Å². The summed E-state index contributed by atoms with van der Waals surface area (Å²) in [6, 6.07) is 9.17. The van der Waals surface area contributed by atoms with Gasteiger partial charge >= 0.3 is 0 Å². The molecule has 0 fully saturated rings. The summed E-state index contributed by atoms with van der Waals surface area (Å²) in [6.45, 7) is 5.53. The van der Waals surface area contributed by atoms with E-state index in [1.165, 1.54) is 21.4 Å². The van der Waals surface area contributed by atoms with Crippen molar-refractivity contribution in [3.8, 4) is 0 Å². The average molecular weight is 292 g/mol. The molecule has 1 aromatic carbocycles. The van der Waals surface area contributed by atoms with Gasteiger partial charge < -0.3 is 5.73 Å². The molecule has 1 atom stereocenters. The van der Waals surface area contributed by atoms with Gasteiger partial charge in [-0.2, -0.15) is 0 Å². The van der Waals surface area contributed by atoms with Crippen LogP contribution in [-0.4, -0.2) is 11.9 Å². The zero-order valence-corrected chi connectivity index (χ0v) is 13.0. The fraction of sp³-hybridized carbons (Fsp3) is 0.375. The SMILES string of the molecule is Cc1sc(CN)cc1CN(C)C(C)c1ccccc1F. The van der Waals surface area contributed by atoms with E-state index in [4.69, 9.17) is 5.73 Å². The van der Waals surface area contributed by atoms with Crippen LogP contribution in [0.4, 0.5) is 4.39 Å². The van der Waals surface area contributed by atoms with E-state index in [2.05, 4.69) is 17.9 Å². The van der Waals surface area contributed by atoms with E-state index in [-0.39, 0.29) is 11.9 Å². The van der Waals surface area contributed by atoms with Crippen molar-refractivity contribution in [3.05, 3.63) is 57.0 Å². The average Bonchev–Trinajstić information content (AvgIpc) is 2.79. The van der Waals surface area contributed by atoms with E-state index in [0.717, 1.165) is 12.1 Å². The van der Waals surface area contributed by atoms with Crippen molar-refractivity contribution in [1.82, 2.24) is 4.90 Å². The molecule has 0 aliphatic rings. The molecule has 2 aromatic rings. The summed E-state index contributed by atoms with van der Waals surface area (Å²) >= 11 is 1.74. The number of hydrogen-bond donors (Lipinski definition) is 1. The highest BCUT2D eigenvalue weighted by Crippen LogP contribution is 2.27. The normalized spacial score (nSPS) is 12.9. The van der Waals surface area contributed by atoms with Gasteiger partial charge in [-0.15, -0.1) is 11.3 Å². The molecule has 0 bridgehead atoms. The largest absolute Gasteiger partial charge is 0.326 e. The summed E-state index contributed by atoms with van der Waals surface area (Å²) in [5.74, 6) is -0.142. The van der Waals surface area contributed by atoms with Crippen LogP contribution in [0.1, 0.15) is 33.8 Å². The number of nitrogens with zero attached hydrogens (tertiary/aromatic N) is 1. The molecular weight excluding hydrogens is 271 g/mol. The second-order valence-corrected chi connectivity index (χ2v) is 6.45. The number of rotatable bonds is 5. The molecule has 0 aliphatic heterocycles. The molecule has 1 aromatic heterocycles. The fourth-order valence-electron chi connectivity index (χ4n) is 2.30. The predicted octanol–water partition coefficient (Wildman–Crippen LogP) is 3.85. The van der Waals surface area contributed by atoms with E-state index < -0.39 is 0 Å². The number of benzene rings is 1. The van der Waals surface area contributed by atoms with Crippen LogP contribution >= 0.6 is 11.3 Å². The number of nitrogens with two attached hydrogens (primary N) is 1. The zero-order valence-electron chi connectivity index (χ0n) is 12.2. The lowest BCUT2D eigenvalue weighted by Gasteiger charge is -2.25. The van der Waals surface area contributed by atoms with Crippen LogP contribution in [0, 0.1) is 12.7 Å². The standard InChI is InChI=1S/C16H21FN2S/c1-11(15-6-4-5-7-16(15)17)19(3)10-13-8-14(9-18)20-12(13)2/h4-8,11H,9-10,18H2,1-3H3. The molecule has 0 spiro atoms. The minimum absolute atomic E-state index is 0.0387. The molecule has 0 saturated carbocycles. The zero-order chi connectivity index (χ0) is 14.7. The number of hydrogen-bond acceptors (Lipinski definition) is 3. The summed E-state index contributed by atoms with van der Waals surface area (Å²) in [4.78, 5) is 4.65. The van der Waals surface area contributed by atoms with E-state index >= 15 is 0 Å². The minimum atomic E-state index is -0.142. The van der Waals surface area contributed by atoms with Crippen LogP contribution in [0.25, 0.3) is 0 Å². The maximum absolute atomic E-state index is 13.8. The Kier molecular flexibility index (Phi) is 4.91. The van der Waals surface area contributed by atoms with Crippen molar-refractivity contribution >= 4 is 11.3 Å². The summed E-state index contributed by atoms with van der Waals surface area (Å²) < 4.78 is 13.8. The minimum Gasteiger partial charge on any atom is -0.326 e. The maximum atomic E-state index is 13.8. The van der Waals surface area contributed by atoms with Crippen molar-refractivity contribution in [3.63, 3.8) is 0 Å². The van der Waals surface area contributed by atoms with Gasteiger partial charge in [-0.05, 0) is 38.6 Å². The molecule has 0 radical (unpaired) electrons. The van der Waals surface area contributed by atoms with Gasteiger partial charge in [-0.1, -0.05) is 18.2 Å². The van der Waals surface area contributed by atoms with Gasteiger partial charge in [-0.3, -0.25) is 4.90 Å². The lowest BCUT2D eigenvalue weighted by atomic mass is 10.1. The Morgan fingerprint density at radius 3 is 2.65 bits per heavy atom. The Hall–Kier alpha value is -1.23. The van der Waals surface area contributed by atoms with Crippen LogP contribution in [0.2, 0.25) is 0 Å². The Morgan fingerprint density at radius 2 is 2.05 bits per heavy atom. The molecule has 0 aliphatic carbocycles. The Balaban J connectivity index is 2.13. The third-order valence-corrected chi connectivity index (χ3v) is 4.82. The molecule has 1 heterocycles. The highest BCUT2D eigenvalue weighted by molar-refractivity contribution is 7.12. The van der Waals surface area contributed by atoms with Gasteiger partial charge in [0.2, 0.25) is 0 Å². The summed E-state index contributed by atoms with van der Waals surface area (Å²) in [5, 5.41) is 0. The second kappa shape index (κ2) is 6.48. The summed E-state index contributed by atoms with van der Waals surface area (Å²) in [6.07, 6.45) is 0. The predicted molar refractivity (Wildman–Crippen MR) is 83.2 cm³/mol. The molecule has 20 heavy (non-hydrogen) atoms. The van der Waals surface area contributed by atoms with Crippen molar-refractivity contribution in [2.45, 2.75) is 33.0 Å². The van der Waals surface area contributed by atoms with Crippen LogP contribution in [-0.2, 0) is 13.1 Å². The Bertz CT molecular complexity index is 580. The monoisotopic (exact) mass is 292 g/mol. The van der Waals surface area contributed by atoms with Crippen molar-refractivity contribution in [1.29, 1.82) is 0 Å². The molecule has 0 saturated heterocycles. The van der Waals surface area contributed by atoms with Crippen LogP contribution in [0.15, 0.2) is 30.3 Å². The Labute approximate surface area is 124 Å². The van der Waals surface area contributed by atoms with Crippen LogP contribution in [0.3, 0.4) is 0 Å². The van der Waals surface area contributed by atoms with Crippen molar-refractivity contribution in [2.75, 3.05) is 7.05 Å². The van der Waals surface area contributed by atoms with Crippen molar-refractivity contribution < 1.29 is 4.39 Å².